The van der Waals surface area contributed by atoms with Gasteiger partial charge >= 0.3 is 5.97 Å². The second-order valence-corrected chi connectivity index (χ2v) is 6.63. The normalized spacial score (nSPS) is 11.6. The van der Waals surface area contributed by atoms with Crippen LogP contribution in [0, 0.1) is 0 Å². The van der Waals surface area contributed by atoms with Crippen molar-refractivity contribution in [2.75, 3.05) is 12.4 Å². The number of benzene rings is 2. The van der Waals surface area contributed by atoms with E-state index in [0.29, 0.717) is 16.3 Å². The second-order valence-electron chi connectivity index (χ2n) is 4.78. The summed E-state index contributed by atoms with van der Waals surface area (Å²) in [6.07, 6.45) is 0. The van der Waals surface area contributed by atoms with Crippen molar-refractivity contribution in [3.05, 3.63) is 59.1 Å². The predicted octanol–water partition coefficient (Wildman–Crippen LogP) is 4.25. The molecule has 0 spiro atoms. The van der Waals surface area contributed by atoms with E-state index in [9.17, 15) is 9.59 Å². The fourth-order valence-corrected chi connectivity index (χ4v) is 2.85. The minimum absolute atomic E-state index is 0.146. The van der Waals surface area contributed by atoms with Crippen LogP contribution in [0.1, 0.15) is 17.3 Å². The van der Waals surface area contributed by atoms with Crippen LogP contribution in [0.4, 0.5) is 5.69 Å². The molecule has 0 saturated heterocycles. The number of esters is 1. The molecule has 0 fully saturated rings. The first-order valence-corrected chi connectivity index (χ1v) is 8.17. The number of methoxy groups -OCH3 is 1. The molecular weight excluding hydrogens is 334 g/mol. The fraction of sp³-hybridized carbons (Fsp3) is 0.176. The van der Waals surface area contributed by atoms with Crippen molar-refractivity contribution in [1.82, 2.24) is 0 Å². The van der Waals surface area contributed by atoms with Gasteiger partial charge in [-0.1, -0.05) is 17.7 Å². The lowest BCUT2D eigenvalue weighted by Crippen LogP contribution is -2.22. The van der Waals surface area contributed by atoms with Crippen molar-refractivity contribution in [3.63, 3.8) is 0 Å². The van der Waals surface area contributed by atoms with Crippen molar-refractivity contribution in [3.8, 4) is 0 Å². The fourth-order valence-electron chi connectivity index (χ4n) is 1.86. The van der Waals surface area contributed by atoms with E-state index in [4.69, 9.17) is 11.6 Å². The minimum atomic E-state index is -0.440. The van der Waals surface area contributed by atoms with Crippen LogP contribution in [-0.2, 0) is 9.53 Å². The first kappa shape index (κ1) is 17.4. The zero-order chi connectivity index (χ0) is 16.8. The van der Waals surface area contributed by atoms with Gasteiger partial charge in [0.25, 0.3) is 0 Å². The van der Waals surface area contributed by atoms with Gasteiger partial charge in [0.2, 0.25) is 5.91 Å². The van der Waals surface area contributed by atoms with E-state index in [1.807, 2.05) is 19.1 Å². The highest BCUT2D eigenvalue weighted by Gasteiger charge is 2.15. The Morgan fingerprint density at radius 3 is 2.52 bits per heavy atom. The average Bonchev–Trinajstić information content (AvgIpc) is 2.56. The maximum absolute atomic E-state index is 12.3. The van der Waals surface area contributed by atoms with Crippen molar-refractivity contribution in [2.24, 2.45) is 0 Å². The molecule has 6 heteroatoms. The number of carbonyl (C=O) groups is 2. The van der Waals surface area contributed by atoms with Gasteiger partial charge in [-0.25, -0.2) is 4.79 Å². The lowest BCUT2D eigenvalue weighted by Gasteiger charge is -2.12. The number of carbonyl (C=O) groups excluding carboxylic acids is 2. The number of rotatable bonds is 5. The molecule has 2 rings (SSSR count). The highest BCUT2D eigenvalue weighted by Crippen LogP contribution is 2.25. The van der Waals surface area contributed by atoms with Crippen LogP contribution in [-0.4, -0.2) is 24.2 Å². The molecule has 2 aromatic rings. The lowest BCUT2D eigenvalue weighted by atomic mass is 10.2. The summed E-state index contributed by atoms with van der Waals surface area (Å²) in [7, 11) is 1.32. The van der Waals surface area contributed by atoms with Gasteiger partial charge < -0.3 is 10.1 Å². The Kier molecular flexibility index (Phi) is 6.07. The van der Waals surface area contributed by atoms with Gasteiger partial charge in [-0.05, 0) is 49.4 Å². The summed E-state index contributed by atoms with van der Waals surface area (Å²) in [4.78, 5) is 24.7. The minimum Gasteiger partial charge on any atom is -0.465 e. The number of halogens is 1. The monoisotopic (exact) mass is 349 g/mol. The summed E-state index contributed by atoms with van der Waals surface area (Å²) in [5.41, 5.74) is 0.949. The van der Waals surface area contributed by atoms with Crippen molar-refractivity contribution in [2.45, 2.75) is 17.1 Å². The Morgan fingerprint density at radius 1 is 1.17 bits per heavy atom. The van der Waals surface area contributed by atoms with Gasteiger partial charge in [-0.3, -0.25) is 4.79 Å². The standard InChI is InChI=1S/C17H16ClNO3S/c1-11(23-15-8-6-13(18)7-9-15)16(20)19-14-5-3-4-12(10-14)17(21)22-2/h3-11H,1-2H3,(H,19,20)/t11-/m1/s1. The van der Waals surface area contributed by atoms with E-state index in [2.05, 4.69) is 10.1 Å². The molecule has 0 aliphatic heterocycles. The lowest BCUT2D eigenvalue weighted by molar-refractivity contribution is -0.115. The molecule has 0 aromatic heterocycles. The van der Waals surface area contributed by atoms with Crippen LogP contribution in [0.5, 0.6) is 0 Å². The predicted molar refractivity (Wildman–Crippen MR) is 93.2 cm³/mol. The summed E-state index contributed by atoms with van der Waals surface area (Å²) >= 11 is 7.28. The number of nitrogens with one attached hydrogen (secondary N) is 1. The molecule has 0 radical (unpaired) electrons. The maximum Gasteiger partial charge on any atom is 0.337 e. The van der Waals surface area contributed by atoms with Gasteiger partial charge in [-0.2, -0.15) is 0 Å². The van der Waals surface area contributed by atoms with Crippen molar-refractivity contribution >= 4 is 40.9 Å². The molecule has 0 saturated carbocycles. The molecule has 0 unspecified atom stereocenters. The third-order valence-corrected chi connectivity index (χ3v) is 4.41. The topological polar surface area (TPSA) is 55.4 Å². The van der Waals surface area contributed by atoms with E-state index >= 15 is 0 Å². The summed E-state index contributed by atoms with van der Waals surface area (Å²) in [5.74, 6) is -0.586. The summed E-state index contributed by atoms with van der Waals surface area (Å²) in [5, 5.41) is 3.16. The molecule has 120 valence electrons. The van der Waals surface area contributed by atoms with E-state index in [-0.39, 0.29) is 11.2 Å². The highest BCUT2D eigenvalue weighted by molar-refractivity contribution is 8.00. The van der Waals surface area contributed by atoms with Crippen LogP contribution >= 0.6 is 23.4 Å². The molecule has 1 N–H and O–H groups in total. The Balaban J connectivity index is 2.00. The third-order valence-electron chi connectivity index (χ3n) is 3.05. The first-order valence-electron chi connectivity index (χ1n) is 6.91. The molecular formula is C17H16ClNO3S. The smallest absolute Gasteiger partial charge is 0.337 e. The SMILES string of the molecule is COC(=O)c1cccc(NC(=O)[C@@H](C)Sc2ccc(Cl)cc2)c1. The van der Waals surface area contributed by atoms with Crippen LogP contribution < -0.4 is 5.32 Å². The Morgan fingerprint density at radius 2 is 1.87 bits per heavy atom. The van der Waals surface area contributed by atoms with E-state index in [1.165, 1.54) is 18.9 Å². The van der Waals surface area contributed by atoms with E-state index in [0.717, 1.165) is 4.90 Å². The van der Waals surface area contributed by atoms with Gasteiger partial charge in [0, 0.05) is 15.6 Å². The molecule has 1 amide bonds. The van der Waals surface area contributed by atoms with E-state index in [1.54, 1.807) is 36.4 Å². The summed E-state index contributed by atoms with van der Waals surface area (Å²) in [6.45, 7) is 1.82. The van der Waals surface area contributed by atoms with Crippen LogP contribution in [0.3, 0.4) is 0 Å². The second kappa shape index (κ2) is 8.04. The van der Waals surface area contributed by atoms with Gasteiger partial charge in [0.1, 0.15) is 0 Å². The zero-order valence-corrected chi connectivity index (χ0v) is 14.3. The van der Waals surface area contributed by atoms with Crippen LogP contribution in [0.25, 0.3) is 0 Å². The third kappa shape index (κ3) is 5.01. The number of ether oxygens (including phenoxy) is 1. The molecule has 23 heavy (non-hydrogen) atoms. The molecule has 0 aliphatic rings. The Hall–Kier alpha value is -1.98. The number of hydrogen-bond donors (Lipinski definition) is 1. The maximum atomic E-state index is 12.3. The largest absolute Gasteiger partial charge is 0.465 e. The summed E-state index contributed by atoms with van der Waals surface area (Å²) < 4.78 is 4.67. The number of hydrogen-bond acceptors (Lipinski definition) is 4. The quantitative estimate of drug-likeness (QED) is 0.647. The molecule has 0 bridgehead atoms. The van der Waals surface area contributed by atoms with E-state index < -0.39 is 5.97 Å². The number of anilines is 1. The van der Waals surface area contributed by atoms with Crippen molar-refractivity contribution < 1.29 is 14.3 Å². The molecule has 2 aromatic carbocycles. The summed E-state index contributed by atoms with van der Waals surface area (Å²) in [6, 6.07) is 14.0. The van der Waals surface area contributed by atoms with Crippen molar-refractivity contribution in [1.29, 1.82) is 0 Å². The number of thioether (sulfide) groups is 1. The van der Waals surface area contributed by atoms with Crippen LogP contribution in [0.15, 0.2) is 53.4 Å². The average molecular weight is 350 g/mol. The van der Waals surface area contributed by atoms with Gasteiger partial charge in [0.05, 0.1) is 17.9 Å². The first-order chi connectivity index (χ1) is 11.0. The molecule has 1 atom stereocenters. The highest BCUT2D eigenvalue weighted by atomic mass is 35.5. The molecule has 4 nitrogen and oxygen atoms in total. The van der Waals surface area contributed by atoms with Gasteiger partial charge in [0.15, 0.2) is 0 Å². The zero-order valence-electron chi connectivity index (χ0n) is 12.7. The molecule has 0 heterocycles. The molecule has 0 aliphatic carbocycles. The van der Waals surface area contributed by atoms with Crippen LogP contribution in [0.2, 0.25) is 5.02 Å². The Labute approximate surface area is 144 Å². The Bertz CT molecular complexity index is 703. The number of amides is 1. The van der Waals surface area contributed by atoms with Gasteiger partial charge in [-0.15, -0.1) is 11.8 Å².